The molecule has 2 heterocycles. The summed E-state index contributed by atoms with van der Waals surface area (Å²) in [6.07, 6.45) is 1.59. The second-order valence-corrected chi connectivity index (χ2v) is 10.6. The zero-order chi connectivity index (χ0) is 24.5. The highest BCUT2D eigenvalue weighted by Gasteiger charge is 2.24. The van der Waals surface area contributed by atoms with E-state index in [0.29, 0.717) is 29.2 Å². The Morgan fingerprint density at radius 2 is 1.71 bits per heavy atom. The summed E-state index contributed by atoms with van der Waals surface area (Å²) in [5.74, 6) is -0.313. The van der Waals surface area contributed by atoms with Crippen LogP contribution in [0.15, 0.2) is 64.0 Å². The molecule has 0 aliphatic heterocycles. The molecule has 176 valence electrons. The van der Waals surface area contributed by atoms with Gasteiger partial charge in [0.1, 0.15) is 11.5 Å². The number of hydrogen-bond donors (Lipinski definition) is 0. The van der Waals surface area contributed by atoms with Gasteiger partial charge in [-0.05, 0) is 52.2 Å². The Balaban J connectivity index is 1.64. The number of sulfone groups is 1. The molecule has 0 saturated carbocycles. The van der Waals surface area contributed by atoms with Crippen molar-refractivity contribution in [2.75, 3.05) is 20.6 Å². The van der Waals surface area contributed by atoms with Crippen molar-refractivity contribution in [2.45, 2.75) is 24.0 Å². The van der Waals surface area contributed by atoms with Gasteiger partial charge in [-0.3, -0.25) is 4.98 Å². The van der Waals surface area contributed by atoms with Gasteiger partial charge in [0, 0.05) is 12.1 Å². The van der Waals surface area contributed by atoms with Crippen LogP contribution in [0.25, 0.3) is 34.3 Å². The lowest BCUT2D eigenvalue weighted by molar-refractivity contribution is 0.405. The van der Waals surface area contributed by atoms with Crippen LogP contribution in [0.4, 0.5) is 4.39 Å². The molecule has 0 spiro atoms. The maximum absolute atomic E-state index is 14.1. The van der Waals surface area contributed by atoms with Crippen molar-refractivity contribution in [3.8, 4) is 34.3 Å². The van der Waals surface area contributed by atoms with E-state index in [1.165, 1.54) is 6.07 Å². The molecule has 0 fully saturated rings. The zero-order valence-corrected chi connectivity index (χ0v) is 20.0. The maximum Gasteiger partial charge on any atom is 0.268 e. The Labute approximate surface area is 197 Å². The minimum atomic E-state index is -3.46. The molecule has 4 rings (SSSR count). The fraction of sp³-hybridized carbons (Fsp3) is 0.250. The van der Waals surface area contributed by atoms with Crippen LogP contribution in [0.2, 0.25) is 0 Å². The van der Waals surface area contributed by atoms with Gasteiger partial charge in [-0.1, -0.05) is 24.3 Å². The fourth-order valence-corrected chi connectivity index (χ4v) is 4.99. The second kappa shape index (κ2) is 9.40. The fourth-order valence-electron chi connectivity index (χ4n) is 3.51. The van der Waals surface area contributed by atoms with Crippen LogP contribution in [0.1, 0.15) is 12.6 Å². The Bertz CT molecular complexity index is 1420. The first kappa shape index (κ1) is 23.7. The van der Waals surface area contributed by atoms with E-state index in [9.17, 15) is 12.8 Å². The normalized spacial score (nSPS) is 12.8. The van der Waals surface area contributed by atoms with Crippen molar-refractivity contribution in [1.29, 1.82) is 0 Å². The number of benzene rings is 2. The molecule has 4 aromatic rings. The number of hydrogen-bond acceptors (Lipinski definition) is 8. The van der Waals surface area contributed by atoms with Crippen LogP contribution in [-0.2, 0) is 9.84 Å². The smallest absolute Gasteiger partial charge is 0.268 e. The quantitative estimate of drug-likeness (QED) is 0.390. The van der Waals surface area contributed by atoms with Crippen molar-refractivity contribution < 1.29 is 17.2 Å². The first-order chi connectivity index (χ1) is 16.2. The molecule has 0 radical (unpaired) electrons. The molecule has 2 aromatic carbocycles. The number of halogens is 1. The van der Waals surface area contributed by atoms with Gasteiger partial charge in [0.2, 0.25) is 0 Å². The van der Waals surface area contributed by atoms with Gasteiger partial charge in [-0.2, -0.15) is 0 Å². The molecule has 0 amide bonds. The van der Waals surface area contributed by atoms with Gasteiger partial charge in [0.15, 0.2) is 9.84 Å². The molecule has 0 saturated heterocycles. The lowest BCUT2D eigenvalue weighted by atomic mass is 10.1. The molecule has 0 N–H and O–H groups in total. The molecular formula is C24H24FN5O3S. The van der Waals surface area contributed by atoms with E-state index in [1.54, 1.807) is 62.5 Å². The summed E-state index contributed by atoms with van der Waals surface area (Å²) >= 11 is 0. The van der Waals surface area contributed by atoms with E-state index in [-0.39, 0.29) is 22.2 Å². The summed E-state index contributed by atoms with van der Waals surface area (Å²) in [6.45, 7) is 3.87. The summed E-state index contributed by atoms with van der Waals surface area (Å²) in [5, 5.41) is 7.43. The van der Waals surface area contributed by atoms with Crippen LogP contribution < -0.4 is 0 Å². The maximum atomic E-state index is 14.1. The summed E-state index contributed by atoms with van der Waals surface area (Å²) in [7, 11) is 0.218. The first-order valence-electron chi connectivity index (χ1n) is 10.6. The molecule has 10 heteroatoms. The van der Waals surface area contributed by atoms with Crippen molar-refractivity contribution in [3.63, 3.8) is 0 Å². The van der Waals surface area contributed by atoms with E-state index >= 15 is 0 Å². The third-order valence-electron chi connectivity index (χ3n) is 5.32. The summed E-state index contributed by atoms with van der Waals surface area (Å²) in [4.78, 5) is 11.1. The average Bonchev–Trinajstić information content (AvgIpc) is 3.29. The van der Waals surface area contributed by atoms with E-state index in [4.69, 9.17) is 4.42 Å². The molecular weight excluding hydrogens is 457 g/mol. The molecule has 34 heavy (non-hydrogen) atoms. The predicted octanol–water partition coefficient (Wildman–Crippen LogP) is 4.03. The van der Waals surface area contributed by atoms with Crippen molar-refractivity contribution >= 4 is 9.84 Å². The first-order valence-corrected chi connectivity index (χ1v) is 12.1. The minimum absolute atomic E-state index is 0.0427. The van der Waals surface area contributed by atoms with E-state index in [1.807, 2.05) is 19.0 Å². The van der Waals surface area contributed by atoms with Gasteiger partial charge in [-0.15, -0.1) is 10.2 Å². The van der Waals surface area contributed by atoms with Gasteiger partial charge >= 0.3 is 0 Å². The van der Waals surface area contributed by atoms with Crippen molar-refractivity contribution in [1.82, 2.24) is 25.1 Å². The Hall–Kier alpha value is -3.50. The third-order valence-corrected chi connectivity index (χ3v) is 7.46. The van der Waals surface area contributed by atoms with Crippen LogP contribution >= 0.6 is 0 Å². The Kier molecular flexibility index (Phi) is 6.54. The van der Waals surface area contributed by atoms with Gasteiger partial charge in [0.05, 0.1) is 33.3 Å². The molecule has 2 aromatic heterocycles. The van der Waals surface area contributed by atoms with E-state index in [2.05, 4.69) is 20.2 Å². The number of aryl methyl sites for hydroxylation is 1. The highest BCUT2D eigenvalue weighted by molar-refractivity contribution is 7.92. The topological polar surface area (TPSA) is 102 Å². The highest BCUT2D eigenvalue weighted by atomic mass is 32.2. The summed E-state index contributed by atoms with van der Waals surface area (Å²) < 4.78 is 45.4. The van der Waals surface area contributed by atoms with Crippen LogP contribution in [0.5, 0.6) is 0 Å². The number of nitrogens with zero attached hydrogens (tertiary/aromatic N) is 5. The lowest BCUT2D eigenvalue weighted by Crippen LogP contribution is -2.30. The SMILES string of the molecule is Cc1ncc(-c2ccc(S(=O)(=O)C(C)CN(C)C)cc2)nc1-c1nnc(-c2ccccc2F)o1. The largest absolute Gasteiger partial charge is 0.414 e. The van der Waals surface area contributed by atoms with Gasteiger partial charge < -0.3 is 9.32 Å². The summed E-state index contributed by atoms with van der Waals surface area (Å²) in [6, 6.07) is 12.6. The monoisotopic (exact) mass is 481 g/mol. The van der Waals surface area contributed by atoms with Gasteiger partial charge in [0.25, 0.3) is 11.8 Å². The lowest BCUT2D eigenvalue weighted by Gasteiger charge is -2.17. The molecule has 1 atom stereocenters. The van der Waals surface area contributed by atoms with E-state index < -0.39 is 20.9 Å². The molecule has 0 bridgehead atoms. The molecule has 0 aliphatic carbocycles. The third kappa shape index (κ3) is 4.73. The Morgan fingerprint density at radius 3 is 2.38 bits per heavy atom. The molecule has 1 unspecified atom stereocenters. The summed E-state index contributed by atoms with van der Waals surface area (Å²) in [5.41, 5.74) is 2.31. The Morgan fingerprint density at radius 1 is 1.03 bits per heavy atom. The minimum Gasteiger partial charge on any atom is -0.414 e. The van der Waals surface area contributed by atoms with Gasteiger partial charge in [-0.25, -0.2) is 17.8 Å². The number of aromatic nitrogens is 4. The molecule has 0 aliphatic rings. The van der Waals surface area contributed by atoms with Crippen LogP contribution in [0.3, 0.4) is 0 Å². The standard InChI is InChI=1S/C24H24FN5O3S/c1-15(14-30(3)4)34(31,32)18-11-9-17(10-12-18)21-13-26-16(2)22(27-21)24-29-28-23(33-24)19-7-5-6-8-20(19)25/h5-13,15H,14H2,1-4H3. The average molecular weight is 482 g/mol. The van der Waals surface area contributed by atoms with Crippen molar-refractivity contribution in [3.05, 3.63) is 66.2 Å². The van der Waals surface area contributed by atoms with Crippen LogP contribution in [0, 0.1) is 12.7 Å². The zero-order valence-electron chi connectivity index (χ0n) is 19.2. The highest BCUT2D eigenvalue weighted by Crippen LogP contribution is 2.28. The van der Waals surface area contributed by atoms with E-state index in [0.717, 1.165) is 0 Å². The predicted molar refractivity (Wildman–Crippen MR) is 126 cm³/mol. The van der Waals surface area contributed by atoms with Crippen molar-refractivity contribution in [2.24, 2.45) is 0 Å². The second-order valence-electron chi connectivity index (χ2n) is 8.22. The number of rotatable bonds is 7. The molecule has 8 nitrogen and oxygen atoms in total. The van der Waals surface area contributed by atoms with Crippen LogP contribution in [-0.4, -0.2) is 59.4 Å².